The number of anilines is 1. The summed E-state index contributed by atoms with van der Waals surface area (Å²) >= 11 is 0. The summed E-state index contributed by atoms with van der Waals surface area (Å²) in [6.45, 7) is 0.433. The maximum absolute atomic E-state index is 10.6. The van der Waals surface area contributed by atoms with Crippen molar-refractivity contribution in [2.75, 3.05) is 26.4 Å². The third kappa shape index (κ3) is 7.02. The molecule has 148 valence electrons. The number of primary amides is 1. The highest BCUT2D eigenvalue weighted by Gasteiger charge is 2.13. The van der Waals surface area contributed by atoms with Gasteiger partial charge in [0, 0.05) is 17.8 Å². The first-order chi connectivity index (χ1) is 13.0. The number of rotatable bonds is 6. The molecule has 0 bridgehead atoms. The van der Waals surface area contributed by atoms with Crippen LogP contribution in [0.1, 0.15) is 44.9 Å². The molecule has 0 radical (unpaired) electrons. The lowest BCUT2D eigenvalue weighted by atomic mass is 9.95. The molecule has 1 aromatic carbocycles. The average molecular weight is 374 g/mol. The fourth-order valence-electron chi connectivity index (χ4n) is 3.18. The zero-order valence-corrected chi connectivity index (χ0v) is 16.4. The Kier molecular flexibility index (Phi) is 8.26. The maximum Gasteiger partial charge on any atom is 0.217 e. The summed E-state index contributed by atoms with van der Waals surface area (Å²) in [6.07, 6.45) is 9.54. The van der Waals surface area contributed by atoms with Crippen molar-refractivity contribution in [2.24, 2.45) is 5.73 Å². The number of carbonyl (C=O) groups excluding carboxylic acids is 1. The topological polar surface area (TPSA) is 107 Å². The third-order valence-corrected chi connectivity index (χ3v) is 4.78. The van der Waals surface area contributed by atoms with Crippen LogP contribution in [0.4, 0.5) is 5.82 Å². The normalized spacial score (nSPS) is 14.6. The zero-order chi connectivity index (χ0) is 19.6. The van der Waals surface area contributed by atoms with Crippen LogP contribution in [0.3, 0.4) is 0 Å². The Morgan fingerprint density at radius 3 is 2.59 bits per heavy atom. The van der Waals surface area contributed by atoms with E-state index < -0.39 is 0 Å². The molecule has 0 atom stereocenters. The molecule has 1 amide bonds. The molecule has 0 aliphatic heterocycles. The number of nitrogens with two attached hydrogens (primary N) is 2. The third-order valence-electron chi connectivity index (χ3n) is 4.78. The smallest absolute Gasteiger partial charge is 0.217 e. The zero-order valence-electron chi connectivity index (χ0n) is 16.4. The lowest BCUT2D eigenvalue weighted by Gasteiger charge is -2.27. The van der Waals surface area contributed by atoms with E-state index in [1.165, 1.54) is 38.4 Å². The highest BCUT2D eigenvalue weighted by Crippen LogP contribution is 2.22. The molecule has 7 nitrogen and oxygen atoms in total. The van der Waals surface area contributed by atoms with Gasteiger partial charge in [-0.05, 0) is 51.6 Å². The number of ether oxygens (including phenoxy) is 1. The Morgan fingerprint density at radius 2 is 1.96 bits per heavy atom. The van der Waals surface area contributed by atoms with Gasteiger partial charge in [0.15, 0.2) is 0 Å². The van der Waals surface area contributed by atoms with Crippen LogP contribution in [-0.2, 0) is 4.79 Å². The van der Waals surface area contributed by atoms with Crippen molar-refractivity contribution < 1.29 is 9.53 Å². The summed E-state index contributed by atoms with van der Waals surface area (Å²) in [4.78, 5) is 20.9. The molecule has 3 rings (SSSR count). The van der Waals surface area contributed by atoms with Gasteiger partial charge in [-0.15, -0.1) is 0 Å². The van der Waals surface area contributed by atoms with Gasteiger partial charge in [-0.3, -0.25) is 4.79 Å². The van der Waals surface area contributed by atoms with Crippen LogP contribution < -0.4 is 16.2 Å². The van der Waals surface area contributed by atoms with Crippen molar-refractivity contribution in [3.63, 3.8) is 0 Å². The van der Waals surface area contributed by atoms with Crippen LogP contribution in [0.25, 0.3) is 10.9 Å². The molecule has 1 saturated carbocycles. The molecule has 1 aromatic heterocycles. The van der Waals surface area contributed by atoms with Crippen molar-refractivity contribution in [3.05, 3.63) is 24.5 Å². The minimum absolute atomic E-state index is 0.318. The fraction of sp³-hybridized carbons (Fsp3) is 0.550. The first kappa shape index (κ1) is 20.9. The van der Waals surface area contributed by atoms with E-state index in [9.17, 15) is 4.79 Å². The predicted octanol–water partition coefficient (Wildman–Crippen LogP) is 2.74. The first-order valence-electron chi connectivity index (χ1n) is 9.55. The number of fused-ring (bicyclic) bond motifs is 1. The molecule has 1 fully saturated rings. The summed E-state index contributed by atoms with van der Waals surface area (Å²) in [5.74, 6) is 0.769. The van der Waals surface area contributed by atoms with Gasteiger partial charge in [-0.2, -0.15) is 0 Å². The molecule has 0 saturated heterocycles. The standard InChI is InChI=1S/C12H14N4O2.C8H17N/c13-11(17)2-1-5-18-8-3-4-10-9(6-8)12(14)16-7-15-10;1-9(2)8-6-4-3-5-7-8/h3-4,6-7H,1-2,5H2,(H2,13,17)(H2,14,15,16);8H,3-7H2,1-2H3. The van der Waals surface area contributed by atoms with Crippen LogP contribution in [0.2, 0.25) is 0 Å². The van der Waals surface area contributed by atoms with Crippen molar-refractivity contribution in [3.8, 4) is 5.75 Å². The number of hydrogen-bond acceptors (Lipinski definition) is 6. The monoisotopic (exact) mass is 373 g/mol. The number of hydrogen-bond donors (Lipinski definition) is 2. The van der Waals surface area contributed by atoms with Crippen molar-refractivity contribution in [1.82, 2.24) is 14.9 Å². The van der Waals surface area contributed by atoms with Crippen LogP contribution in [0.5, 0.6) is 5.75 Å². The lowest BCUT2D eigenvalue weighted by molar-refractivity contribution is -0.118. The van der Waals surface area contributed by atoms with E-state index in [1.807, 2.05) is 6.07 Å². The van der Waals surface area contributed by atoms with E-state index in [1.54, 1.807) is 12.1 Å². The highest BCUT2D eigenvalue weighted by atomic mass is 16.5. The molecular weight excluding hydrogens is 342 g/mol. The van der Waals surface area contributed by atoms with Gasteiger partial charge >= 0.3 is 0 Å². The molecule has 1 heterocycles. The number of benzene rings is 1. The number of amides is 1. The molecule has 0 unspecified atom stereocenters. The quantitative estimate of drug-likeness (QED) is 0.754. The van der Waals surface area contributed by atoms with E-state index in [4.69, 9.17) is 16.2 Å². The Morgan fingerprint density at radius 1 is 1.22 bits per heavy atom. The van der Waals surface area contributed by atoms with E-state index in [-0.39, 0.29) is 5.91 Å². The minimum Gasteiger partial charge on any atom is -0.494 e. The van der Waals surface area contributed by atoms with E-state index in [0.717, 1.165) is 16.9 Å². The Bertz CT molecular complexity index is 729. The van der Waals surface area contributed by atoms with Gasteiger partial charge in [-0.25, -0.2) is 9.97 Å². The number of carbonyl (C=O) groups is 1. The van der Waals surface area contributed by atoms with Gasteiger partial charge in [-0.1, -0.05) is 19.3 Å². The summed E-state index contributed by atoms with van der Waals surface area (Å²) in [5, 5.41) is 0.755. The number of nitrogens with zero attached hydrogens (tertiary/aromatic N) is 3. The van der Waals surface area contributed by atoms with Crippen molar-refractivity contribution in [1.29, 1.82) is 0 Å². The molecule has 27 heavy (non-hydrogen) atoms. The first-order valence-corrected chi connectivity index (χ1v) is 9.55. The van der Waals surface area contributed by atoms with Crippen LogP contribution in [0.15, 0.2) is 24.5 Å². The molecular formula is C20H31N5O2. The molecule has 4 N–H and O–H groups in total. The molecule has 1 aliphatic carbocycles. The number of aromatic nitrogens is 2. The molecule has 1 aliphatic rings. The molecule has 2 aromatic rings. The number of nitrogen functional groups attached to an aromatic ring is 1. The summed E-state index contributed by atoms with van der Waals surface area (Å²) < 4.78 is 5.50. The van der Waals surface area contributed by atoms with Crippen LogP contribution in [-0.4, -0.2) is 47.5 Å². The van der Waals surface area contributed by atoms with Gasteiger partial charge in [0.2, 0.25) is 5.91 Å². The van der Waals surface area contributed by atoms with Gasteiger partial charge in [0.25, 0.3) is 0 Å². The summed E-state index contributed by atoms with van der Waals surface area (Å²) in [5.41, 5.74) is 11.6. The SMILES string of the molecule is CN(C)C1CCCCC1.NC(=O)CCCOc1ccc2ncnc(N)c2c1. The van der Waals surface area contributed by atoms with Gasteiger partial charge in [0.1, 0.15) is 17.9 Å². The lowest BCUT2D eigenvalue weighted by Crippen LogP contribution is -2.29. The van der Waals surface area contributed by atoms with Crippen molar-refractivity contribution >= 4 is 22.6 Å². The van der Waals surface area contributed by atoms with Gasteiger partial charge < -0.3 is 21.1 Å². The second-order valence-corrected chi connectivity index (χ2v) is 7.11. The van der Waals surface area contributed by atoms with E-state index in [0.29, 0.717) is 31.0 Å². The van der Waals surface area contributed by atoms with Crippen LogP contribution >= 0.6 is 0 Å². The molecule has 0 spiro atoms. The van der Waals surface area contributed by atoms with Crippen molar-refractivity contribution in [2.45, 2.75) is 51.0 Å². The predicted molar refractivity (Wildman–Crippen MR) is 108 cm³/mol. The van der Waals surface area contributed by atoms with Crippen LogP contribution in [0, 0.1) is 0 Å². The second-order valence-electron chi connectivity index (χ2n) is 7.11. The summed E-state index contributed by atoms with van der Waals surface area (Å²) in [7, 11) is 4.38. The summed E-state index contributed by atoms with van der Waals surface area (Å²) in [6, 6.07) is 6.30. The van der Waals surface area contributed by atoms with E-state index in [2.05, 4.69) is 29.0 Å². The average Bonchev–Trinajstić information content (AvgIpc) is 2.67. The Labute approximate surface area is 161 Å². The minimum atomic E-state index is -0.324. The largest absolute Gasteiger partial charge is 0.494 e. The van der Waals surface area contributed by atoms with E-state index >= 15 is 0 Å². The van der Waals surface area contributed by atoms with Gasteiger partial charge in [0.05, 0.1) is 12.1 Å². The Balaban J connectivity index is 0.000000244. The Hall–Kier alpha value is -2.41. The second kappa shape index (κ2) is 10.7. The fourth-order valence-corrected chi connectivity index (χ4v) is 3.18. The highest BCUT2D eigenvalue weighted by molar-refractivity contribution is 5.88. The molecule has 7 heteroatoms. The maximum atomic E-state index is 10.6.